The Hall–Kier alpha value is -1.55. The molecule has 0 bridgehead atoms. The second kappa shape index (κ2) is 8.03. The van der Waals surface area contributed by atoms with E-state index in [1.807, 2.05) is 6.07 Å². The number of rotatable bonds is 7. The van der Waals surface area contributed by atoms with Gasteiger partial charge in [0.05, 0.1) is 13.2 Å². The minimum Gasteiger partial charge on any atom is -0.465 e. The number of hydrogen-bond donors (Lipinski definition) is 0. The van der Waals surface area contributed by atoms with E-state index in [0.717, 1.165) is 5.56 Å². The predicted molar refractivity (Wildman–Crippen MR) is 81.1 cm³/mol. The van der Waals surface area contributed by atoms with Crippen molar-refractivity contribution >= 4 is 23.5 Å². The summed E-state index contributed by atoms with van der Waals surface area (Å²) in [5, 5.41) is 0.560. The zero-order chi connectivity index (χ0) is 15.9. The number of esters is 2. The van der Waals surface area contributed by atoms with Crippen LogP contribution in [0.25, 0.3) is 0 Å². The van der Waals surface area contributed by atoms with Crippen LogP contribution in [-0.4, -0.2) is 25.2 Å². The smallest absolute Gasteiger partial charge is 0.323 e. The molecular weight excluding hydrogens is 292 g/mol. The summed E-state index contributed by atoms with van der Waals surface area (Å²) in [5.74, 6) is -1.10. The minimum absolute atomic E-state index is 0.210. The number of ether oxygens (including phenoxy) is 2. The van der Waals surface area contributed by atoms with E-state index in [1.54, 1.807) is 39.0 Å². The van der Waals surface area contributed by atoms with E-state index in [9.17, 15) is 9.59 Å². The molecule has 5 heteroatoms. The molecule has 1 aromatic rings. The molecule has 0 saturated heterocycles. The second-order valence-electron chi connectivity index (χ2n) is 4.68. The molecule has 0 spiro atoms. The number of hydrogen-bond acceptors (Lipinski definition) is 4. The summed E-state index contributed by atoms with van der Waals surface area (Å²) >= 11 is 5.97. The first-order chi connectivity index (χ1) is 10.00. The third-order valence-electron chi connectivity index (χ3n) is 3.33. The average Bonchev–Trinajstić information content (AvgIpc) is 2.45. The van der Waals surface area contributed by atoms with Gasteiger partial charge in [-0.1, -0.05) is 30.7 Å². The molecular formula is C16H21ClO4. The van der Waals surface area contributed by atoms with E-state index >= 15 is 0 Å². The molecule has 0 fully saturated rings. The monoisotopic (exact) mass is 312 g/mol. The molecule has 1 rings (SSSR count). The van der Waals surface area contributed by atoms with Crippen LogP contribution in [0.5, 0.6) is 0 Å². The third kappa shape index (κ3) is 4.21. The molecule has 0 aliphatic carbocycles. The van der Waals surface area contributed by atoms with Gasteiger partial charge in [0.25, 0.3) is 0 Å². The first-order valence-electron chi connectivity index (χ1n) is 7.09. The van der Waals surface area contributed by atoms with E-state index in [2.05, 4.69) is 0 Å². The fourth-order valence-corrected chi connectivity index (χ4v) is 2.39. The molecule has 116 valence electrons. The molecule has 4 nitrogen and oxygen atoms in total. The van der Waals surface area contributed by atoms with Crippen LogP contribution >= 0.6 is 11.6 Å². The van der Waals surface area contributed by atoms with E-state index in [-0.39, 0.29) is 19.6 Å². The summed E-state index contributed by atoms with van der Waals surface area (Å²) in [6, 6.07) is 7.10. The summed E-state index contributed by atoms with van der Waals surface area (Å²) in [5.41, 5.74) is -0.526. The lowest BCUT2D eigenvalue weighted by Crippen LogP contribution is -2.43. The molecule has 21 heavy (non-hydrogen) atoms. The maximum Gasteiger partial charge on any atom is 0.323 e. The van der Waals surface area contributed by atoms with Crippen LogP contribution in [0.1, 0.15) is 32.8 Å². The van der Waals surface area contributed by atoms with Crippen LogP contribution in [0.15, 0.2) is 24.3 Å². The molecule has 0 aliphatic heterocycles. The van der Waals surface area contributed by atoms with Gasteiger partial charge in [-0.2, -0.15) is 0 Å². The van der Waals surface area contributed by atoms with Crippen molar-refractivity contribution in [3.05, 3.63) is 34.9 Å². The number of benzene rings is 1. The highest BCUT2D eigenvalue weighted by molar-refractivity contribution is 6.30. The summed E-state index contributed by atoms with van der Waals surface area (Å²) < 4.78 is 10.2. The number of halogens is 1. The second-order valence-corrected chi connectivity index (χ2v) is 5.12. The first-order valence-corrected chi connectivity index (χ1v) is 7.46. The van der Waals surface area contributed by atoms with Gasteiger partial charge in [0.1, 0.15) is 0 Å². The van der Waals surface area contributed by atoms with Crippen LogP contribution in [-0.2, 0) is 25.5 Å². The van der Waals surface area contributed by atoms with Gasteiger partial charge in [0.15, 0.2) is 5.41 Å². The van der Waals surface area contributed by atoms with Crippen molar-refractivity contribution in [2.45, 2.75) is 33.6 Å². The molecule has 0 saturated carbocycles. The lowest BCUT2D eigenvalue weighted by molar-refractivity contribution is -0.172. The summed E-state index contributed by atoms with van der Waals surface area (Å²) in [7, 11) is 0. The van der Waals surface area contributed by atoms with Crippen molar-refractivity contribution in [3.63, 3.8) is 0 Å². The highest BCUT2D eigenvalue weighted by atomic mass is 35.5. The maximum absolute atomic E-state index is 12.3. The fourth-order valence-electron chi connectivity index (χ4n) is 2.18. The van der Waals surface area contributed by atoms with Gasteiger partial charge in [-0.3, -0.25) is 9.59 Å². The summed E-state index contributed by atoms with van der Waals surface area (Å²) in [4.78, 5) is 24.7. The Balaban J connectivity index is 3.16. The average molecular weight is 313 g/mol. The maximum atomic E-state index is 12.3. The quantitative estimate of drug-likeness (QED) is 0.572. The normalized spacial score (nSPS) is 11.0. The molecule has 0 unspecified atom stereocenters. The Morgan fingerprint density at radius 1 is 1.10 bits per heavy atom. The first kappa shape index (κ1) is 17.5. The Kier molecular flexibility index (Phi) is 6.69. The Bertz CT molecular complexity index is 481. The highest BCUT2D eigenvalue weighted by Gasteiger charge is 2.47. The Morgan fingerprint density at radius 2 is 1.67 bits per heavy atom. The SMILES string of the molecule is CCOC(=O)C(CC)(Cc1cccc(Cl)c1)C(=O)OCC. The fraction of sp³-hybridized carbons (Fsp3) is 0.500. The minimum atomic E-state index is -1.32. The van der Waals surface area contributed by atoms with Crippen LogP contribution in [0, 0.1) is 5.41 Å². The van der Waals surface area contributed by atoms with Gasteiger partial charge in [-0.05, 0) is 44.4 Å². The standard InChI is InChI=1S/C16H21ClO4/c1-4-16(14(18)20-5-2,15(19)21-6-3)11-12-8-7-9-13(17)10-12/h7-10H,4-6,11H2,1-3H3. The topological polar surface area (TPSA) is 52.6 Å². The van der Waals surface area contributed by atoms with Crippen molar-refractivity contribution in [1.82, 2.24) is 0 Å². The van der Waals surface area contributed by atoms with Crippen LogP contribution in [0.2, 0.25) is 5.02 Å². The molecule has 0 amide bonds. The number of carbonyl (C=O) groups is 2. The van der Waals surface area contributed by atoms with Gasteiger partial charge in [0.2, 0.25) is 0 Å². The van der Waals surface area contributed by atoms with Crippen LogP contribution in [0.3, 0.4) is 0 Å². The van der Waals surface area contributed by atoms with E-state index in [1.165, 1.54) is 0 Å². The van der Waals surface area contributed by atoms with Crippen molar-refractivity contribution < 1.29 is 19.1 Å². The molecule has 0 N–H and O–H groups in total. The van der Waals surface area contributed by atoms with Crippen LogP contribution < -0.4 is 0 Å². The lowest BCUT2D eigenvalue weighted by Gasteiger charge is -2.28. The van der Waals surface area contributed by atoms with Crippen molar-refractivity contribution in [2.75, 3.05) is 13.2 Å². The highest BCUT2D eigenvalue weighted by Crippen LogP contribution is 2.31. The largest absolute Gasteiger partial charge is 0.465 e. The summed E-state index contributed by atoms with van der Waals surface area (Å²) in [6.07, 6.45) is 0.513. The zero-order valence-corrected chi connectivity index (χ0v) is 13.4. The van der Waals surface area contributed by atoms with Gasteiger partial charge in [0, 0.05) is 5.02 Å². The molecule has 0 radical (unpaired) electrons. The van der Waals surface area contributed by atoms with Crippen molar-refractivity contribution in [2.24, 2.45) is 5.41 Å². The van der Waals surface area contributed by atoms with E-state index in [0.29, 0.717) is 11.4 Å². The van der Waals surface area contributed by atoms with Gasteiger partial charge >= 0.3 is 11.9 Å². The molecule has 0 aliphatic rings. The van der Waals surface area contributed by atoms with Crippen molar-refractivity contribution in [3.8, 4) is 0 Å². The van der Waals surface area contributed by atoms with E-state index in [4.69, 9.17) is 21.1 Å². The zero-order valence-electron chi connectivity index (χ0n) is 12.6. The molecule has 0 aromatic heterocycles. The van der Waals surface area contributed by atoms with Gasteiger partial charge < -0.3 is 9.47 Å². The Morgan fingerprint density at radius 3 is 2.10 bits per heavy atom. The number of carbonyl (C=O) groups excluding carboxylic acids is 2. The summed E-state index contributed by atoms with van der Waals surface area (Å²) in [6.45, 7) is 5.63. The van der Waals surface area contributed by atoms with Gasteiger partial charge in [-0.15, -0.1) is 0 Å². The van der Waals surface area contributed by atoms with Crippen LogP contribution in [0.4, 0.5) is 0 Å². The third-order valence-corrected chi connectivity index (χ3v) is 3.57. The lowest BCUT2D eigenvalue weighted by atomic mass is 9.79. The molecule has 1 aromatic carbocycles. The predicted octanol–water partition coefficient (Wildman–Crippen LogP) is 3.41. The molecule has 0 heterocycles. The van der Waals surface area contributed by atoms with Gasteiger partial charge in [-0.25, -0.2) is 0 Å². The van der Waals surface area contributed by atoms with Crippen molar-refractivity contribution in [1.29, 1.82) is 0 Å². The Labute approximate surface area is 130 Å². The molecule has 0 atom stereocenters. The van der Waals surface area contributed by atoms with E-state index < -0.39 is 17.4 Å².